The molecule has 0 aliphatic heterocycles. The molecule has 0 heterocycles. The second-order valence-electron chi connectivity index (χ2n) is 7.46. The predicted molar refractivity (Wildman–Crippen MR) is 134 cm³/mol. The van der Waals surface area contributed by atoms with Crippen LogP contribution in [-0.4, -0.2) is 12.1 Å². The number of carbonyl (C=O) groups excluding carboxylic acids is 2. The van der Waals surface area contributed by atoms with Crippen molar-refractivity contribution < 1.29 is 9.59 Å². The zero-order valence-corrected chi connectivity index (χ0v) is 17.9. The number of nitrogens with one attached hydrogen (secondary N) is 4. The summed E-state index contributed by atoms with van der Waals surface area (Å²) in [4.78, 5) is 24.2. The lowest BCUT2D eigenvalue weighted by Crippen LogP contribution is -2.19. The third-order valence-electron chi connectivity index (χ3n) is 4.90. The number of benzene rings is 4. The smallest absolute Gasteiger partial charge is 0.308 e. The number of rotatable bonds is 6. The van der Waals surface area contributed by atoms with E-state index in [0.29, 0.717) is 0 Å². The highest BCUT2D eigenvalue weighted by Crippen LogP contribution is 2.17. The van der Waals surface area contributed by atoms with Gasteiger partial charge in [0.1, 0.15) is 0 Å². The van der Waals surface area contributed by atoms with Crippen molar-refractivity contribution in [3.8, 4) is 0 Å². The molecular formula is C27H24N4O2. The van der Waals surface area contributed by atoms with Crippen LogP contribution in [0.25, 0.3) is 0 Å². The number of carbonyl (C=O) groups is 2. The fourth-order valence-corrected chi connectivity index (χ4v) is 3.28. The van der Waals surface area contributed by atoms with Crippen LogP contribution in [-0.2, 0) is 6.42 Å². The molecule has 0 aromatic heterocycles. The largest absolute Gasteiger partial charge is 0.323 e. The third kappa shape index (κ3) is 6.70. The van der Waals surface area contributed by atoms with Gasteiger partial charge in [-0.15, -0.1) is 0 Å². The Balaban J connectivity index is 1.27. The Labute approximate surface area is 192 Å². The highest BCUT2D eigenvalue weighted by molar-refractivity contribution is 6.00. The number of hydrogen-bond donors (Lipinski definition) is 4. The molecule has 0 unspecified atom stereocenters. The molecule has 4 rings (SSSR count). The normalized spacial score (nSPS) is 10.2. The van der Waals surface area contributed by atoms with Crippen molar-refractivity contribution in [2.45, 2.75) is 6.42 Å². The van der Waals surface area contributed by atoms with Crippen LogP contribution in [0.4, 0.5) is 32.3 Å². The fourth-order valence-electron chi connectivity index (χ4n) is 3.28. The SMILES string of the molecule is O=C(Nc1ccccc1)Nc1ccc(Cc2ccc(NC(=O)Nc3ccccc3)cc2)cc1. The molecule has 6 heteroatoms. The summed E-state index contributed by atoms with van der Waals surface area (Å²) in [6, 6.07) is 33.5. The first-order chi connectivity index (χ1) is 16.1. The Kier molecular flexibility index (Phi) is 6.98. The highest BCUT2D eigenvalue weighted by atomic mass is 16.2. The summed E-state index contributed by atoms with van der Waals surface area (Å²) in [5.74, 6) is 0. The van der Waals surface area contributed by atoms with Crippen molar-refractivity contribution in [3.63, 3.8) is 0 Å². The predicted octanol–water partition coefficient (Wildman–Crippen LogP) is 6.57. The minimum absolute atomic E-state index is 0.284. The van der Waals surface area contributed by atoms with Crippen LogP contribution in [0.5, 0.6) is 0 Å². The lowest BCUT2D eigenvalue weighted by molar-refractivity contribution is 0.261. The van der Waals surface area contributed by atoms with Crippen molar-refractivity contribution in [3.05, 3.63) is 120 Å². The third-order valence-corrected chi connectivity index (χ3v) is 4.90. The Morgan fingerprint density at radius 2 is 0.727 bits per heavy atom. The summed E-state index contributed by atoms with van der Waals surface area (Å²) in [5, 5.41) is 11.2. The summed E-state index contributed by atoms with van der Waals surface area (Å²) in [6.07, 6.45) is 0.743. The Bertz CT molecular complexity index is 1100. The topological polar surface area (TPSA) is 82.3 Å². The lowest BCUT2D eigenvalue weighted by atomic mass is 10.0. The van der Waals surface area contributed by atoms with Crippen LogP contribution in [0.1, 0.15) is 11.1 Å². The highest BCUT2D eigenvalue weighted by Gasteiger charge is 2.05. The Morgan fingerprint density at radius 1 is 0.424 bits per heavy atom. The standard InChI is InChI=1S/C27H24N4O2/c32-26(28-22-7-3-1-4-8-22)30-24-15-11-20(12-16-24)19-21-13-17-25(18-14-21)31-27(33)29-23-9-5-2-6-10-23/h1-18H,19H2,(H2,28,30,32)(H2,29,31,33). The Hall–Kier alpha value is -4.58. The maximum atomic E-state index is 12.1. The van der Waals surface area contributed by atoms with Gasteiger partial charge in [0, 0.05) is 22.7 Å². The summed E-state index contributed by atoms with van der Waals surface area (Å²) in [7, 11) is 0. The van der Waals surface area contributed by atoms with Crippen molar-refractivity contribution in [1.29, 1.82) is 0 Å². The molecule has 0 aliphatic rings. The molecule has 0 spiro atoms. The molecule has 164 valence electrons. The van der Waals surface area contributed by atoms with E-state index >= 15 is 0 Å². The molecule has 0 saturated carbocycles. The molecule has 33 heavy (non-hydrogen) atoms. The van der Waals surface area contributed by atoms with E-state index in [1.807, 2.05) is 109 Å². The molecule has 4 amide bonds. The van der Waals surface area contributed by atoms with E-state index in [0.717, 1.165) is 40.3 Å². The number of hydrogen-bond acceptors (Lipinski definition) is 2. The molecule has 0 fully saturated rings. The molecule has 6 nitrogen and oxygen atoms in total. The monoisotopic (exact) mass is 436 g/mol. The van der Waals surface area contributed by atoms with Crippen LogP contribution in [0, 0.1) is 0 Å². The first-order valence-electron chi connectivity index (χ1n) is 10.6. The zero-order chi connectivity index (χ0) is 22.9. The Morgan fingerprint density at radius 3 is 1.06 bits per heavy atom. The van der Waals surface area contributed by atoms with Crippen molar-refractivity contribution >= 4 is 34.8 Å². The molecule has 0 atom stereocenters. The van der Waals surface area contributed by atoms with E-state index in [1.165, 1.54) is 0 Å². The van der Waals surface area contributed by atoms with E-state index in [2.05, 4.69) is 21.3 Å². The van der Waals surface area contributed by atoms with Gasteiger partial charge < -0.3 is 21.3 Å². The van der Waals surface area contributed by atoms with E-state index in [9.17, 15) is 9.59 Å². The summed E-state index contributed by atoms with van der Waals surface area (Å²) >= 11 is 0. The van der Waals surface area contributed by atoms with Crippen LogP contribution in [0.15, 0.2) is 109 Å². The molecule has 0 aliphatic carbocycles. The van der Waals surface area contributed by atoms with Gasteiger partial charge in [0.15, 0.2) is 0 Å². The number of amides is 4. The average Bonchev–Trinajstić information content (AvgIpc) is 2.83. The van der Waals surface area contributed by atoms with E-state index in [-0.39, 0.29) is 12.1 Å². The second-order valence-corrected chi connectivity index (χ2v) is 7.46. The van der Waals surface area contributed by atoms with Gasteiger partial charge in [-0.2, -0.15) is 0 Å². The molecule has 4 N–H and O–H groups in total. The van der Waals surface area contributed by atoms with Gasteiger partial charge in [0.2, 0.25) is 0 Å². The second kappa shape index (κ2) is 10.6. The van der Waals surface area contributed by atoms with E-state index in [1.54, 1.807) is 0 Å². The van der Waals surface area contributed by atoms with Gasteiger partial charge in [0.05, 0.1) is 0 Å². The zero-order valence-electron chi connectivity index (χ0n) is 17.9. The minimum Gasteiger partial charge on any atom is -0.308 e. The molecule has 0 saturated heterocycles. The van der Waals surface area contributed by atoms with Crippen molar-refractivity contribution in [2.24, 2.45) is 0 Å². The number of anilines is 4. The van der Waals surface area contributed by atoms with Crippen LogP contribution < -0.4 is 21.3 Å². The maximum Gasteiger partial charge on any atom is 0.323 e. The van der Waals surface area contributed by atoms with Crippen LogP contribution in [0.2, 0.25) is 0 Å². The van der Waals surface area contributed by atoms with E-state index < -0.39 is 0 Å². The van der Waals surface area contributed by atoms with Crippen LogP contribution >= 0.6 is 0 Å². The summed E-state index contributed by atoms with van der Waals surface area (Å²) in [5.41, 5.74) is 5.15. The summed E-state index contributed by atoms with van der Waals surface area (Å²) < 4.78 is 0. The van der Waals surface area contributed by atoms with Gasteiger partial charge in [-0.3, -0.25) is 0 Å². The minimum atomic E-state index is -0.284. The maximum absolute atomic E-state index is 12.1. The van der Waals surface area contributed by atoms with Gasteiger partial charge in [0.25, 0.3) is 0 Å². The summed E-state index contributed by atoms with van der Waals surface area (Å²) in [6.45, 7) is 0. The van der Waals surface area contributed by atoms with Gasteiger partial charge in [-0.25, -0.2) is 9.59 Å². The first-order valence-corrected chi connectivity index (χ1v) is 10.6. The molecule has 4 aromatic rings. The van der Waals surface area contributed by atoms with Crippen molar-refractivity contribution in [2.75, 3.05) is 21.3 Å². The molecule has 0 bridgehead atoms. The van der Waals surface area contributed by atoms with Gasteiger partial charge >= 0.3 is 12.1 Å². The first kappa shape index (κ1) is 21.6. The number of urea groups is 2. The quantitative estimate of drug-likeness (QED) is 0.276. The lowest BCUT2D eigenvalue weighted by Gasteiger charge is -2.10. The van der Waals surface area contributed by atoms with E-state index in [4.69, 9.17) is 0 Å². The fraction of sp³-hybridized carbons (Fsp3) is 0.0370. The molecular weight excluding hydrogens is 412 g/mol. The average molecular weight is 437 g/mol. The van der Waals surface area contributed by atoms with Gasteiger partial charge in [-0.1, -0.05) is 60.7 Å². The molecule has 0 radical (unpaired) electrons. The van der Waals surface area contributed by atoms with Crippen LogP contribution in [0.3, 0.4) is 0 Å². The molecule has 4 aromatic carbocycles. The number of para-hydroxylation sites is 2. The van der Waals surface area contributed by atoms with Gasteiger partial charge in [-0.05, 0) is 66.1 Å². The van der Waals surface area contributed by atoms with Crippen molar-refractivity contribution in [1.82, 2.24) is 0 Å².